The van der Waals surface area contributed by atoms with Gasteiger partial charge in [0.25, 0.3) is 0 Å². The summed E-state index contributed by atoms with van der Waals surface area (Å²) >= 11 is 0. The Hall–Kier alpha value is -1.97. The third kappa shape index (κ3) is 5.59. The van der Waals surface area contributed by atoms with Crippen LogP contribution in [0.2, 0.25) is 0 Å². The molecule has 1 aromatic rings. The zero-order chi connectivity index (χ0) is 16.7. The lowest BCUT2D eigenvalue weighted by atomic mass is 10.2. The molecule has 9 nitrogen and oxygen atoms in total. The Labute approximate surface area is 146 Å². The predicted molar refractivity (Wildman–Crippen MR) is 88.8 cm³/mol. The van der Waals surface area contributed by atoms with E-state index in [-0.39, 0.29) is 37.9 Å². The van der Waals surface area contributed by atoms with Gasteiger partial charge in [-0.25, -0.2) is 9.97 Å². The Balaban J connectivity index is 0.00000288. The molecular formula is C14H22ClN5O4. The Bertz CT molecular complexity index is 525. The first-order valence-corrected chi connectivity index (χ1v) is 7.48. The summed E-state index contributed by atoms with van der Waals surface area (Å²) in [7, 11) is 0. The summed E-state index contributed by atoms with van der Waals surface area (Å²) in [6.07, 6.45) is 2.01. The monoisotopic (exact) mass is 359 g/mol. The van der Waals surface area contributed by atoms with Crippen LogP contribution in [0.15, 0.2) is 18.5 Å². The smallest absolute Gasteiger partial charge is 0.249 e. The number of aliphatic hydroxyl groups excluding tert-OH is 2. The molecule has 0 radical (unpaired) electrons. The lowest BCUT2D eigenvalue weighted by molar-refractivity contribution is -0.136. The van der Waals surface area contributed by atoms with Crippen LogP contribution in [0.3, 0.4) is 0 Å². The van der Waals surface area contributed by atoms with Crippen molar-refractivity contribution in [2.45, 2.75) is 12.5 Å². The predicted octanol–water partition coefficient (Wildman–Crippen LogP) is -1.59. The van der Waals surface area contributed by atoms with Crippen LogP contribution in [0.1, 0.15) is 6.42 Å². The molecule has 2 heterocycles. The highest BCUT2D eigenvalue weighted by Gasteiger charge is 2.23. The first-order valence-electron chi connectivity index (χ1n) is 7.48. The van der Waals surface area contributed by atoms with Crippen LogP contribution in [-0.2, 0) is 9.59 Å². The van der Waals surface area contributed by atoms with Gasteiger partial charge < -0.3 is 25.3 Å². The number of nitrogens with one attached hydrogen (secondary N) is 1. The topological polar surface area (TPSA) is 119 Å². The van der Waals surface area contributed by atoms with Crippen molar-refractivity contribution in [2.24, 2.45) is 0 Å². The molecule has 10 heteroatoms. The first-order chi connectivity index (χ1) is 11.1. The highest BCUT2D eigenvalue weighted by atomic mass is 35.5. The largest absolute Gasteiger partial charge is 0.396 e. The van der Waals surface area contributed by atoms with Crippen LogP contribution in [-0.4, -0.2) is 82.3 Å². The van der Waals surface area contributed by atoms with Crippen molar-refractivity contribution in [1.29, 1.82) is 0 Å². The van der Waals surface area contributed by atoms with E-state index in [2.05, 4.69) is 15.3 Å². The highest BCUT2D eigenvalue weighted by molar-refractivity contribution is 5.86. The molecule has 0 aromatic carbocycles. The van der Waals surface area contributed by atoms with Crippen LogP contribution >= 0.6 is 12.4 Å². The lowest BCUT2D eigenvalue weighted by Gasteiger charge is -2.34. The van der Waals surface area contributed by atoms with Crippen LogP contribution in [0.4, 0.5) is 5.95 Å². The summed E-state index contributed by atoms with van der Waals surface area (Å²) in [6.45, 7) is 1.83. The molecule has 24 heavy (non-hydrogen) atoms. The number of carbonyl (C=O) groups excluding carboxylic acids is 2. The number of piperazine rings is 1. The van der Waals surface area contributed by atoms with E-state index in [0.717, 1.165) is 0 Å². The van der Waals surface area contributed by atoms with E-state index < -0.39 is 12.0 Å². The summed E-state index contributed by atoms with van der Waals surface area (Å²) in [6, 6.07) is 1.75. The third-order valence-electron chi connectivity index (χ3n) is 3.59. The fourth-order valence-electron chi connectivity index (χ4n) is 2.26. The Kier molecular flexibility index (Phi) is 8.37. The summed E-state index contributed by atoms with van der Waals surface area (Å²) in [5.74, 6) is -0.216. The van der Waals surface area contributed by atoms with E-state index in [4.69, 9.17) is 5.11 Å². The number of aliphatic hydroxyl groups is 2. The Morgan fingerprint density at radius 3 is 2.42 bits per heavy atom. The summed E-state index contributed by atoms with van der Waals surface area (Å²) in [5.41, 5.74) is 0. The zero-order valence-electron chi connectivity index (χ0n) is 13.2. The van der Waals surface area contributed by atoms with Gasteiger partial charge in [-0.3, -0.25) is 9.59 Å². The van der Waals surface area contributed by atoms with E-state index in [9.17, 15) is 14.7 Å². The zero-order valence-corrected chi connectivity index (χ0v) is 14.0. The van der Waals surface area contributed by atoms with Crippen molar-refractivity contribution < 1.29 is 19.8 Å². The number of carbonyl (C=O) groups is 2. The summed E-state index contributed by atoms with van der Waals surface area (Å²) < 4.78 is 0. The summed E-state index contributed by atoms with van der Waals surface area (Å²) in [4.78, 5) is 35.5. The van der Waals surface area contributed by atoms with Gasteiger partial charge in [-0.1, -0.05) is 0 Å². The molecule has 1 atom stereocenters. The molecule has 134 valence electrons. The minimum absolute atomic E-state index is 0. The number of hydrogen-bond acceptors (Lipinski definition) is 7. The quantitative estimate of drug-likeness (QED) is 0.560. The Morgan fingerprint density at radius 2 is 1.83 bits per heavy atom. The molecule has 2 rings (SSSR count). The van der Waals surface area contributed by atoms with Gasteiger partial charge in [0.2, 0.25) is 17.8 Å². The van der Waals surface area contributed by atoms with Gasteiger partial charge in [0.05, 0.1) is 6.54 Å². The van der Waals surface area contributed by atoms with Gasteiger partial charge in [-0.05, 0) is 6.07 Å². The average Bonchev–Trinajstić information content (AvgIpc) is 2.60. The normalized spacial score (nSPS) is 15.4. The van der Waals surface area contributed by atoms with E-state index in [1.54, 1.807) is 23.4 Å². The van der Waals surface area contributed by atoms with Gasteiger partial charge in [0.15, 0.2) is 0 Å². The fourth-order valence-corrected chi connectivity index (χ4v) is 2.26. The molecular weight excluding hydrogens is 338 g/mol. The molecule has 1 saturated heterocycles. The summed E-state index contributed by atoms with van der Waals surface area (Å²) in [5, 5.41) is 20.4. The number of rotatable bonds is 6. The van der Waals surface area contributed by atoms with Crippen molar-refractivity contribution in [2.75, 3.05) is 44.2 Å². The van der Waals surface area contributed by atoms with Crippen molar-refractivity contribution >= 4 is 30.2 Å². The molecule has 0 bridgehead atoms. The molecule has 1 aliphatic rings. The van der Waals surface area contributed by atoms with Crippen molar-refractivity contribution in [3.05, 3.63) is 18.5 Å². The maximum Gasteiger partial charge on any atom is 0.249 e. The van der Waals surface area contributed by atoms with E-state index in [1.165, 1.54) is 0 Å². The highest BCUT2D eigenvalue weighted by Crippen LogP contribution is 2.09. The van der Waals surface area contributed by atoms with E-state index in [1.807, 2.05) is 4.90 Å². The van der Waals surface area contributed by atoms with Crippen molar-refractivity contribution in [1.82, 2.24) is 20.2 Å². The molecule has 1 fully saturated rings. The number of aromatic nitrogens is 2. The molecule has 1 unspecified atom stereocenters. The molecule has 1 aliphatic heterocycles. The van der Waals surface area contributed by atoms with Crippen LogP contribution in [0.25, 0.3) is 0 Å². The minimum atomic E-state index is -1.29. The number of nitrogens with zero attached hydrogens (tertiary/aromatic N) is 4. The van der Waals surface area contributed by atoms with Crippen LogP contribution in [0, 0.1) is 0 Å². The maximum atomic E-state index is 12.1. The van der Waals surface area contributed by atoms with E-state index >= 15 is 0 Å². The molecule has 1 aromatic heterocycles. The van der Waals surface area contributed by atoms with Crippen molar-refractivity contribution in [3.63, 3.8) is 0 Å². The van der Waals surface area contributed by atoms with E-state index in [0.29, 0.717) is 32.1 Å². The molecule has 0 aliphatic carbocycles. The number of hydrogen-bond donors (Lipinski definition) is 3. The second kappa shape index (κ2) is 10.0. The fraction of sp³-hybridized carbons (Fsp3) is 0.571. The third-order valence-corrected chi connectivity index (χ3v) is 3.59. The standard InChI is InChI=1S/C14H21N5O4.ClH/c20-9-2-11(21)13(23)17-10-12(22)18-5-7-19(8-6-18)14-15-3-1-4-16-14;/h1,3-4,11,20-21H,2,5-10H2,(H,17,23);1H. The number of halogens is 1. The van der Waals surface area contributed by atoms with Gasteiger partial charge in [0, 0.05) is 51.6 Å². The van der Waals surface area contributed by atoms with Crippen LogP contribution < -0.4 is 10.2 Å². The van der Waals surface area contributed by atoms with Crippen LogP contribution in [0.5, 0.6) is 0 Å². The maximum absolute atomic E-state index is 12.1. The average molecular weight is 360 g/mol. The van der Waals surface area contributed by atoms with Gasteiger partial charge in [0.1, 0.15) is 6.10 Å². The van der Waals surface area contributed by atoms with Crippen molar-refractivity contribution in [3.8, 4) is 0 Å². The van der Waals surface area contributed by atoms with Gasteiger partial charge in [-0.2, -0.15) is 0 Å². The molecule has 0 spiro atoms. The van der Waals surface area contributed by atoms with Gasteiger partial charge in [-0.15, -0.1) is 12.4 Å². The van der Waals surface area contributed by atoms with Gasteiger partial charge >= 0.3 is 0 Å². The second-order valence-corrected chi connectivity index (χ2v) is 5.16. The Morgan fingerprint density at radius 1 is 1.21 bits per heavy atom. The molecule has 3 N–H and O–H groups in total. The number of amides is 2. The molecule has 2 amide bonds. The molecule has 0 saturated carbocycles. The SMILES string of the molecule is Cl.O=C(NCC(=O)N1CCN(c2ncccn2)CC1)C(O)CCO. The minimum Gasteiger partial charge on any atom is -0.396 e. The first kappa shape index (κ1) is 20.1. The second-order valence-electron chi connectivity index (χ2n) is 5.16. The lowest BCUT2D eigenvalue weighted by Crippen LogP contribution is -2.52. The number of anilines is 1.